The Hall–Kier alpha value is -2.34. The van der Waals surface area contributed by atoms with Crippen LogP contribution in [0.2, 0.25) is 0 Å². The molecule has 5 nitrogen and oxygen atoms in total. The van der Waals surface area contributed by atoms with E-state index in [4.69, 9.17) is 5.11 Å². The van der Waals surface area contributed by atoms with Crippen molar-refractivity contribution in [3.05, 3.63) is 59.4 Å². The normalized spacial score (nSPS) is 19.0. The van der Waals surface area contributed by atoms with Crippen molar-refractivity contribution in [3.63, 3.8) is 0 Å². The third-order valence-corrected chi connectivity index (χ3v) is 4.39. The van der Waals surface area contributed by atoms with E-state index in [1.165, 1.54) is 18.5 Å². The molecule has 1 aromatic heterocycles. The Labute approximate surface area is 140 Å². The van der Waals surface area contributed by atoms with Gasteiger partial charge in [-0.25, -0.2) is 14.2 Å². The summed E-state index contributed by atoms with van der Waals surface area (Å²) in [5, 5.41) is 8.90. The number of carbonyl (C=O) groups is 1. The zero-order valence-electron chi connectivity index (χ0n) is 13.4. The minimum atomic E-state index is -1.08. The van der Waals surface area contributed by atoms with E-state index in [1.54, 1.807) is 12.1 Å². The molecule has 1 unspecified atom stereocenters. The minimum absolute atomic E-state index is 0.0590. The average Bonchev–Trinajstić information content (AvgIpc) is 2.81. The summed E-state index contributed by atoms with van der Waals surface area (Å²) >= 11 is 0. The Morgan fingerprint density at radius 2 is 2.12 bits per heavy atom. The van der Waals surface area contributed by atoms with Gasteiger partial charge in [0.2, 0.25) is 0 Å². The predicted octanol–water partition coefficient (Wildman–Crippen LogP) is 3.43. The van der Waals surface area contributed by atoms with Crippen LogP contribution in [0.25, 0.3) is 0 Å². The number of nitrogens with zero attached hydrogens (tertiary/aromatic N) is 3. The molecule has 0 bridgehead atoms. The first kappa shape index (κ1) is 16.5. The molecule has 0 amide bonds. The summed E-state index contributed by atoms with van der Waals surface area (Å²) in [6, 6.07) is 6.91. The summed E-state index contributed by atoms with van der Waals surface area (Å²) in [6.07, 6.45) is 7.13. The van der Waals surface area contributed by atoms with Crippen LogP contribution < -0.4 is 0 Å². The van der Waals surface area contributed by atoms with Gasteiger partial charge in [0, 0.05) is 12.6 Å². The summed E-state index contributed by atoms with van der Waals surface area (Å²) < 4.78 is 13.6. The maximum atomic E-state index is 13.6. The smallest absolute Gasteiger partial charge is 0.356 e. The van der Waals surface area contributed by atoms with Crippen LogP contribution >= 0.6 is 0 Å². The van der Waals surface area contributed by atoms with E-state index in [0.717, 1.165) is 43.5 Å². The number of aromatic nitrogens is 2. The molecule has 1 aliphatic rings. The molecule has 2 aromatic rings. The number of hydrogen-bond acceptors (Lipinski definition) is 4. The van der Waals surface area contributed by atoms with Gasteiger partial charge in [0.05, 0.1) is 18.1 Å². The van der Waals surface area contributed by atoms with E-state index in [9.17, 15) is 9.18 Å². The molecule has 3 rings (SSSR count). The van der Waals surface area contributed by atoms with Crippen molar-refractivity contribution in [1.29, 1.82) is 0 Å². The summed E-state index contributed by atoms with van der Waals surface area (Å²) in [7, 11) is 0. The average molecular weight is 329 g/mol. The third-order valence-electron chi connectivity index (χ3n) is 4.39. The number of benzene rings is 1. The largest absolute Gasteiger partial charge is 0.476 e. The molecule has 1 aliphatic heterocycles. The van der Waals surface area contributed by atoms with Gasteiger partial charge in [0.15, 0.2) is 5.69 Å². The van der Waals surface area contributed by atoms with Gasteiger partial charge < -0.3 is 5.11 Å². The molecule has 0 aliphatic carbocycles. The van der Waals surface area contributed by atoms with Crippen molar-refractivity contribution < 1.29 is 14.3 Å². The Morgan fingerprint density at radius 1 is 1.25 bits per heavy atom. The lowest BCUT2D eigenvalue weighted by Gasteiger charge is -2.30. The van der Waals surface area contributed by atoms with Gasteiger partial charge >= 0.3 is 5.97 Å². The van der Waals surface area contributed by atoms with Crippen molar-refractivity contribution in [2.45, 2.75) is 38.3 Å². The van der Waals surface area contributed by atoms with E-state index in [1.807, 2.05) is 6.07 Å². The van der Waals surface area contributed by atoms with Gasteiger partial charge in [-0.2, -0.15) is 0 Å². The van der Waals surface area contributed by atoms with Gasteiger partial charge in [-0.05, 0) is 37.1 Å². The monoisotopic (exact) mass is 329 g/mol. The highest BCUT2D eigenvalue weighted by molar-refractivity contribution is 5.84. The summed E-state index contributed by atoms with van der Waals surface area (Å²) in [5.74, 6) is -1.30. The molecule has 1 N–H and O–H groups in total. The van der Waals surface area contributed by atoms with Crippen LogP contribution in [0, 0.1) is 5.82 Å². The number of rotatable bonds is 4. The second kappa shape index (κ2) is 7.49. The van der Waals surface area contributed by atoms with E-state index in [2.05, 4.69) is 14.9 Å². The van der Waals surface area contributed by atoms with Crippen molar-refractivity contribution in [3.8, 4) is 0 Å². The fourth-order valence-electron chi connectivity index (χ4n) is 3.20. The second-order valence-electron chi connectivity index (χ2n) is 6.09. The molecule has 0 radical (unpaired) electrons. The fourth-order valence-corrected chi connectivity index (χ4v) is 3.20. The van der Waals surface area contributed by atoms with Crippen LogP contribution in [0.15, 0.2) is 36.7 Å². The summed E-state index contributed by atoms with van der Waals surface area (Å²) in [4.78, 5) is 21.3. The molecular weight excluding hydrogens is 309 g/mol. The molecule has 1 fully saturated rings. The fraction of sp³-hybridized carbons (Fsp3) is 0.389. The molecule has 0 spiro atoms. The zero-order chi connectivity index (χ0) is 16.9. The number of carboxylic acid groups (broad SMARTS) is 1. The van der Waals surface area contributed by atoms with Gasteiger partial charge in [0.25, 0.3) is 0 Å². The number of halogens is 1. The third kappa shape index (κ3) is 3.94. The standard InChI is InChI=1S/C18H20FN3O2/c19-14-6-4-5-13(9-14)17-7-2-1-3-8-22(17)12-15-10-21-16(11-20-15)18(23)24/h4-6,9-11,17H,1-3,7-8,12H2,(H,23,24). The highest BCUT2D eigenvalue weighted by atomic mass is 19.1. The van der Waals surface area contributed by atoms with Gasteiger partial charge in [0.1, 0.15) is 5.82 Å². The van der Waals surface area contributed by atoms with Crippen LogP contribution in [0.1, 0.15) is 53.5 Å². The van der Waals surface area contributed by atoms with Crippen molar-refractivity contribution in [1.82, 2.24) is 14.9 Å². The topological polar surface area (TPSA) is 66.3 Å². The molecule has 6 heteroatoms. The number of carboxylic acids is 1. The van der Waals surface area contributed by atoms with Crippen LogP contribution in [0.5, 0.6) is 0 Å². The van der Waals surface area contributed by atoms with Crippen molar-refractivity contribution in [2.75, 3.05) is 6.54 Å². The van der Waals surface area contributed by atoms with Gasteiger partial charge in [-0.1, -0.05) is 25.0 Å². The zero-order valence-corrected chi connectivity index (χ0v) is 13.4. The Bertz CT molecular complexity index is 706. The Balaban J connectivity index is 1.81. The Morgan fingerprint density at radius 3 is 2.83 bits per heavy atom. The predicted molar refractivity (Wildman–Crippen MR) is 87.0 cm³/mol. The highest BCUT2D eigenvalue weighted by Crippen LogP contribution is 2.31. The molecule has 1 saturated heterocycles. The molecule has 2 heterocycles. The highest BCUT2D eigenvalue weighted by Gasteiger charge is 2.23. The lowest BCUT2D eigenvalue weighted by molar-refractivity contribution is 0.0689. The van der Waals surface area contributed by atoms with Crippen molar-refractivity contribution >= 4 is 5.97 Å². The van der Waals surface area contributed by atoms with E-state index < -0.39 is 5.97 Å². The molecule has 1 aromatic carbocycles. The second-order valence-corrected chi connectivity index (χ2v) is 6.09. The summed E-state index contributed by atoms with van der Waals surface area (Å²) in [5.41, 5.74) is 1.65. The lowest BCUT2D eigenvalue weighted by Crippen LogP contribution is -2.28. The maximum absolute atomic E-state index is 13.6. The van der Waals surface area contributed by atoms with Crippen LogP contribution in [-0.4, -0.2) is 32.5 Å². The maximum Gasteiger partial charge on any atom is 0.356 e. The first-order valence-corrected chi connectivity index (χ1v) is 8.17. The van der Waals surface area contributed by atoms with Gasteiger partial charge in [-0.15, -0.1) is 0 Å². The molecule has 126 valence electrons. The van der Waals surface area contributed by atoms with E-state index in [0.29, 0.717) is 6.54 Å². The first-order valence-electron chi connectivity index (χ1n) is 8.17. The molecule has 24 heavy (non-hydrogen) atoms. The molecule has 1 atom stereocenters. The minimum Gasteiger partial charge on any atom is -0.476 e. The quantitative estimate of drug-likeness (QED) is 0.931. The van der Waals surface area contributed by atoms with Gasteiger partial charge in [-0.3, -0.25) is 9.88 Å². The lowest BCUT2D eigenvalue weighted by atomic mass is 10.0. The van der Waals surface area contributed by atoms with Crippen LogP contribution in [0.4, 0.5) is 4.39 Å². The van der Waals surface area contributed by atoms with Crippen LogP contribution in [0.3, 0.4) is 0 Å². The number of hydrogen-bond donors (Lipinski definition) is 1. The Kier molecular flexibility index (Phi) is 5.15. The SMILES string of the molecule is O=C(O)c1cnc(CN2CCCCCC2c2cccc(F)c2)cn1. The summed E-state index contributed by atoms with van der Waals surface area (Å²) in [6.45, 7) is 1.48. The first-order chi connectivity index (χ1) is 11.6. The van der Waals surface area contributed by atoms with E-state index in [-0.39, 0.29) is 17.6 Å². The van der Waals surface area contributed by atoms with E-state index >= 15 is 0 Å². The van der Waals surface area contributed by atoms with Crippen molar-refractivity contribution in [2.24, 2.45) is 0 Å². The molecule has 0 saturated carbocycles. The number of likely N-dealkylation sites (tertiary alicyclic amines) is 1. The molecular formula is C18H20FN3O2. The number of aromatic carboxylic acids is 1. The van der Waals surface area contributed by atoms with Crippen LogP contribution in [-0.2, 0) is 6.54 Å².